The molecule has 0 aliphatic heterocycles. The third-order valence-electron chi connectivity index (χ3n) is 4.22. The summed E-state index contributed by atoms with van der Waals surface area (Å²) >= 11 is 2.42. The van der Waals surface area contributed by atoms with Crippen LogP contribution in [-0.4, -0.2) is 0 Å². The summed E-state index contributed by atoms with van der Waals surface area (Å²) in [6.45, 7) is 6.95. The molecule has 0 bridgehead atoms. The van der Waals surface area contributed by atoms with E-state index in [4.69, 9.17) is 0 Å². The number of fused-ring (bicyclic) bond motifs is 3. The lowest BCUT2D eigenvalue weighted by Crippen LogP contribution is -2.17. The molecule has 0 unspecified atom stereocenters. The highest BCUT2D eigenvalue weighted by atomic mass is 127. The fourth-order valence-electron chi connectivity index (χ4n) is 3.28. The molecule has 0 N–H and O–H groups in total. The number of benzene rings is 1. The Balaban J connectivity index is 2.23. The minimum Gasteiger partial charge on any atom is -0.0807 e. The maximum atomic E-state index is 2.42. The van der Waals surface area contributed by atoms with Crippen LogP contribution in [-0.2, 0) is 5.41 Å². The lowest BCUT2D eigenvalue weighted by molar-refractivity contribution is 0.610. The summed E-state index contributed by atoms with van der Waals surface area (Å²) in [5.74, 6) is 0.626. The number of allylic oxidation sites excluding steroid dienone is 4. The van der Waals surface area contributed by atoms with E-state index < -0.39 is 0 Å². The summed E-state index contributed by atoms with van der Waals surface area (Å²) in [5.41, 5.74) is 6.31. The number of hydrogen-bond acceptors (Lipinski definition) is 0. The molecule has 2 aliphatic carbocycles. The highest BCUT2D eigenvalue weighted by Crippen LogP contribution is 2.53. The molecule has 0 spiro atoms. The Bertz CT molecular complexity index is 547. The van der Waals surface area contributed by atoms with Gasteiger partial charge in [-0.15, -0.1) is 0 Å². The summed E-state index contributed by atoms with van der Waals surface area (Å²) in [7, 11) is 0. The Morgan fingerprint density at radius 2 is 2.06 bits per heavy atom. The van der Waals surface area contributed by atoms with Gasteiger partial charge in [0.15, 0.2) is 0 Å². The summed E-state index contributed by atoms with van der Waals surface area (Å²) in [6.07, 6.45) is 5.95. The van der Waals surface area contributed by atoms with E-state index in [-0.39, 0.29) is 5.41 Å². The van der Waals surface area contributed by atoms with Crippen LogP contribution in [0.2, 0.25) is 0 Å². The van der Waals surface area contributed by atoms with Crippen molar-refractivity contribution in [2.45, 2.75) is 38.5 Å². The Morgan fingerprint density at radius 3 is 2.82 bits per heavy atom. The van der Waals surface area contributed by atoms with E-state index in [2.05, 4.69) is 73.7 Å². The van der Waals surface area contributed by atoms with Crippen molar-refractivity contribution in [3.8, 4) is 0 Å². The molecule has 0 amide bonds. The predicted molar refractivity (Wildman–Crippen MR) is 81.4 cm³/mol. The maximum Gasteiger partial charge on any atom is 0.0133 e. The molecule has 1 atom stereocenters. The van der Waals surface area contributed by atoms with Crippen LogP contribution in [0, 0.1) is 3.57 Å². The third kappa shape index (κ3) is 1.62. The average molecular weight is 336 g/mol. The molecule has 0 saturated carbocycles. The summed E-state index contributed by atoms with van der Waals surface area (Å²) in [4.78, 5) is 0. The molecule has 17 heavy (non-hydrogen) atoms. The van der Waals surface area contributed by atoms with Crippen molar-refractivity contribution in [2.75, 3.05) is 0 Å². The normalized spacial score (nSPS) is 24.8. The van der Waals surface area contributed by atoms with Crippen LogP contribution in [0.4, 0.5) is 0 Å². The monoisotopic (exact) mass is 336 g/mol. The molecule has 1 aromatic carbocycles. The molecule has 0 saturated heterocycles. The van der Waals surface area contributed by atoms with Gasteiger partial charge < -0.3 is 0 Å². The van der Waals surface area contributed by atoms with Crippen LogP contribution >= 0.6 is 22.6 Å². The SMILES string of the molecule is CC1=CC[C@H]2C(=C1)C(C)(C)c1cc(I)ccc12. The largest absolute Gasteiger partial charge is 0.0807 e. The van der Waals surface area contributed by atoms with Gasteiger partial charge in [0, 0.05) is 14.9 Å². The first-order valence-corrected chi connectivity index (χ1v) is 7.27. The van der Waals surface area contributed by atoms with E-state index in [1.807, 2.05) is 0 Å². The Labute approximate surface area is 117 Å². The van der Waals surface area contributed by atoms with Crippen LogP contribution in [0.5, 0.6) is 0 Å². The van der Waals surface area contributed by atoms with Gasteiger partial charge in [-0.2, -0.15) is 0 Å². The zero-order valence-corrected chi connectivity index (χ0v) is 12.7. The molecule has 1 aromatic rings. The Hall–Kier alpha value is -0.570. The molecule has 0 aromatic heterocycles. The molecular weight excluding hydrogens is 319 g/mol. The van der Waals surface area contributed by atoms with Crippen LogP contribution in [0.3, 0.4) is 0 Å². The summed E-state index contributed by atoms with van der Waals surface area (Å²) < 4.78 is 1.35. The maximum absolute atomic E-state index is 2.42. The van der Waals surface area contributed by atoms with E-state index in [1.165, 1.54) is 21.1 Å². The fourth-order valence-corrected chi connectivity index (χ4v) is 3.77. The van der Waals surface area contributed by atoms with Gasteiger partial charge in [0.25, 0.3) is 0 Å². The van der Waals surface area contributed by atoms with E-state index >= 15 is 0 Å². The van der Waals surface area contributed by atoms with Crippen molar-refractivity contribution >= 4 is 22.6 Å². The molecule has 1 heteroatoms. The van der Waals surface area contributed by atoms with E-state index in [1.54, 1.807) is 11.1 Å². The van der Waals surface area contributed by atoms with Gasteiger partial charge in [0.1, 0.15) is 0 Å². The second kappa shape index (κ2) is 3.71. The van der Waals surface area contributed by atoms with Gasteiger partial charge in [-0.1, -0.05) is 43.2 Å². The van der Waals surface area contributed by atoms with Crippen molar-refractivity contribution in [3.05, 3.63) is 56.2 Å². The van der Waals surface area contributed by atoms with Crippen LogP contribution in [0.25, 0.3) is 0 Å². The second-order valence-electron chi connectivity index (χ2n) is 5.69. The predicted octanol–water partition coefficient (Wildman–Crippen LogP) is 4.94. The van der Waals surface area contributed by atoms with Crippen molar-refractivity contribution in [3.63, 3.8) is 0 Å². The average Bonchev–Trinajstić information content (AvgIpc) is 2.49. The molecule has 0 heterocycles. The number of halogens is 1. The first-order chi connectivity index (χ1) is 8.00. The van der Waals surface area contributed by atoms with Crippen molar-refractivity contribution in [2.24, 2.45) is 0 Å². The van der Waals surface area contributed by atoms with Crippen molar-refractivity contribution in [1.29, 1.82) is 0 Å². The second-order valence-corrected chi connectivity index (χ2v) is 6.94. The van der Waals surface area contributed by atoms with E-state index in [0.717, 1.165) is 0 Å². The zero-order valence-electron chi connectivity index (χ0n) is 10.5. The first kappa shape index (κ1) is 11.5. The topological polar surface area (TPSA) is 0 Å². The number of rotatable bonds is 0. The summed E-state index contributed by atoms with van der Waals surface area (Å²) in [5, 5.41) is 0. The quantitative estimate of drug-likeness (QED) is 0.589. The van der Waals surface area contributed by atoms with Gasteiger partial charge >= 0.3 is 0 Å². The van der Waals surface area contributed by atoms with Crippen LogP contribution in [0.15, 0.2) is 41.5 Å². The van der Waals surface area contributed by atoms with Gasteiger partial charge in [-0.3, -0.25) is 0 Å². The fraction of sp³-hybridized carbons (Fsp3) is 0.375. The minimum absolute atomic E-state index is 0.205. The molecule has 88 valence electrons. The Kier molecular flexibility index (Phi) is 2.51. The highest BCUT2D eigenvalue weighted by Gasteiger charge is 2.41. The van der Waals surface area contributed by atoms with Crippen LogP contribution < -0.4 is 0 Å². The minimum atomic E-state index is 0.205. The Morgan fingerprint density at radius 1 is 1.29 bits per heavy atom. The van der Waals surface area contributed by atoms with Crippen LogP contribution in [0.1, 0.15) is 44.2 Å². The van der Waals surface area contributed by atoms with E-state index in [0.29, 0.717) is 5.92 Å². The molecular formula is C16H17I. The van der Waals surface area contributed by atoms with Gasteiger partial charge in [-0.05, 0) is 59.2 Å². The molecule has 3 rings (SSSR count). The molecule has 2 aliphatic rings. The molecule has 0 fully saturated rings. The summed E-state index contributed by atoms with van der Waals surface area (Å²) in [6, 6.07) is 6.94. The molecule has 0 radical (unpaired) electrons. The molecule has 0 nitrogen and oxygen atoms in total. The number of hydrogen-bond donors (Lipinski definition) is 0. The lowest BCUT2D eigenvalue weighted by atomic mass is 9.78. The lowest BCUT2D eigenvalue weighted by Gasteiger charge is -2.26. The van der Waals surface area contributed by atoms with E-state index in [9.17, 15) is 0 Å². The van der Waals surface area contributed by atoms with Crippen molar-refractivity contribution < 1.29 is 0 Å². The van der Waals surface area contributed by atoms with Gasteiger partial charge in [0.2, 0.25) is 0 Å². The van der Waals surface area contributed by atoms with Crippen molar-refractivity contribution in [1.82, 2.24) is 0 Å². The highest BCUT2D eigenvalue weighted by molar-refractivity contribution is 14.1. The third-order valence-corrected chi connectivity index (χ3v) is 4.89. The zero-order chi connectivity index (χ0) is 12.2. The van der Waals surface area contributed by atoms with Gasteiger partial charge in [-0.25, -0.2) is 0 Å². The smallest absolute Gasteiger partial charge is 0.0133 e. The van der Waals surface area contributed by atoms with Gasteiger partial charge in [0.05, 0.1) is 0 Å². The standard InChI is InChI=1S/C16H17I/c1-10-4-6-12-13-7-5-11(17)9-15(13)16(2,3)14(12)8-10/h4-5,7-9,12H,6H2,1-3H3/t12-/m1/s1. The first-order valence-electron chi connectivity index (χ1n) is 6.19.